The Hall–Kier alpha value is 0. The van der Waals surface area contributed by atoms with Crippen LogP contribution in [-0.4, -0.2) is 0 Å². The van der Waals surface area contributed by atoms with Crippen LogP contribution in [0.5, 0.6) is 0 Å². The molecule has 0 spiro atoms. The van der Waals surface area contributed by atoms with E-state index in [4.69, 9.17) is 0 Å². The molecule has 0 amide bonds. The molecular formula is C49H88. The van der Waals surface area contributed by atoms with Gasteiger partial charge in [0.05, 0.1) is 0 Å². The highest BCUT2D eigenvalue weighted by atomic mass is 14.6. The van der Waals surface area contributed by atoms with Crippen molar-refractivity contribution in [2.45, 2.75) is 205 Å². The van der Waals surface area contributed by atoms with Crippen LogP contribution in [0.15, 0.2) is 0 Å². The fourth-order valence-corrected chi connectivity index (χ4v) is 15.6. The van der Waals surface area contributed by atoms with E-state index < -0.39 is 0 Å². The van der Waals surface area contributed by atoms with E-state index in [2.05, 4.69) is 83.1 Å². The number of hydrogen-bond acceptors (Lipinski definition) is 0. The summed E-state index contributed by atoms with van der Waals surface area (Å²) in [6.07, 6.45) is 29.4. The molecule has 0 aliphatic heterocycles. The second kappa shape index (κ2) is 14.7. The standard InChI is InChI=1S/C14H24.2C12H22.C11H20/c1-14(2,3)13-11-5-9-4-10(7-11)8-12(13)6-9;1-12(2,3)11-7-5-9-4-6-10(11)8-9;1-12(2,3)11-8-9-4-6-10(11)7-5-9;1-11(2,3)10-7-8-4-5-9(10)6-8/h9-13H,4-8H2,1-3H3;2*9-11H,4-8H2,1-3H3;8-10H,4-7H2,1-3H3. The molecule has 0 heteroatoms. The van der Waals surface area contributed by atoms with E-state index in [1.54, 1.807) is 44.9 Å². The first-order valence-corrected chi connectivity index (χ1v) is 22.8. The van der Waals surface area contributed by atoms with Crippen molar-refractivity contribution in [3.05, 3.63) is 0 Å². The topological polar surface area (TPSA) is 0 Å². The highest BCUT2D eigenvalue weighted by Gasteiger charge is 2.51. The molecule has 11 fully saturated rings. The SMILES string of the molecule is CC(C)(C)C1C2CC3CC(C2)CC1C3.CC(C)(C)C1CC2CCC1C2.CC(C)(C)C1CC2CCC1CC2.CC(C)(C)C1CCC2CCC1C2. The van der Waals surface area contributed by atoms with E-state index in [9.17, 15) is 0 Å². The minimum Gasteiger partial charge on any atom is -0.0599 e. The molecule has 7 atom stereocenters. The van der Waals surface area contributed by atoms with Gasteiger partial charge >= 0.3 is 0 Å². The van der Waals surface area contributed by atoms with Crippen LogP contribution in [0.3, 0.4) is 0 Å². The lowest BCUT2D eigenvalue weighted by molar-refractivity contribution is -0.0811. The Morgan fingerprint density at radius 2 is 0.592 bits per heavy atom. The molecule has 49 heavy (non-hydrogen) atoms. The van der Waals surface area contributed by atoms with Crippen molar-refractivity contribution in [2.24, 2.45) is 105 Å². The largest absolute Gasteiger partial charge is 0.0599 e. The summed E-state index contributed by atoms with van der Waals surface area (Å²) in [5.41, 5.74) is 2.30. The van der Waals surface area contributed by atoms with Crippen LogP contribution in [0.4, 0.5) is 0 Å². The predicted octanol–water partition coefficient (Wildman–Crippen LogP) is 15.3. The lowest BCUT2D eigenvalue weighted by Crippen LogP contribution is -2.49. The average molecular weight is 677 g/mol. The Kier molecular flexibility index (Phi) is 11.6. The van der Waals surface area contributed by atoms with Gasteiger partial charge in [0.15, 0.2) is 0 Å². The van der Waals surface area contributed by atoms with Crippen LogP contribution in [-0.2, 0) is 0 Å². The van der Waals surface area contributed by atoms with Crippen LogP contribution >= 0.6 is 0 Å². The zero-order chi connectivity index (χ0) is 35.5. The molecule has 0 N–H and O–H groups in total. The first-order valence-electron chi connectivity index (χ1n) is 22.8. The molecule has 10 bridgehead atoms. The van der Waals surface area contributed by atoms with Crippen molar-refractivity contribution >= 4 is 0 Å². The monoisotopic (exact) mass is 677 g/mol. The Balaban J connectivity index is 0.000000114. The van der Waals surface area contributed by atoms with Gasteiger partial charge in [-0.3, -0.25) is 0 Å². The van der Waals surface area contributed by atoms with Gasteiger partial charge in [-0.05, 0) is 194 Å². The number of rotatable bonds is 0. The molecule has 0 aromatic heterocycles. The molecule has 11 aliphatic carbocycles. The minimum atomic E-state index is 0.569. The summed E-state index contributed by atoms with van der Waals surface area (Å²) < 4.78 is 0. The molecule has 0 aromatic rings. The van der Waals surface area contributed by atoms with Crippen LogP contribution < -0.4 is 0 Å². The molecule has 11 aliphatic rings. The van der Waals surface area contributed by atoms with Crippen LogP contribution in [0.1, 0.15) is 205 Å². The van der Waals surface area contributed by atoms with Gasteiger partial charge in [0.25, 0.3) is 0 Å². The minimum absolute atomic E-state index is 0.569. The lowest BCUT2D eigenvalue weighted by atomic mass is 9.47. The van der Waals surface area contributed by atoms with Crippen molar-refractivity contribution in [1.82, 2.24) is 0 Å². The van der Waals surface area contributed by atoms with Gasteiger partial charge in [-0.25, -0.2) is 0 Å². The highest BCUT2D eigenvalue weighted by Crippen LogP contribution is 2.61. The molecule has 11 saturated carbocycles. The zero-order valence-electron chi connectivity index (χ0n) is 35.5. The Morgan fingerprint density at radius 3 is 0.959 bits per heavy atom. The van der Waals surface area contributed by atoms with Gasteiger partial charge < -0.3 is 0 Å². The van der Waals surface area contributed by atoms with Gasteiger partial charge in [-0.2, -0.15) is 0 Å². The maximum atomic E-state index is 2.47. The van der Waals surface area contributed by atoms with E-state index in [1.807, 2.05) is 0 Å². The van der Waals surface area contributed by atoms with Gasteiger partial charge in [-0.1, -0.05) is 115 Å². The zero-order valence-corrected chi connectivity index (χ0v) is 35.5. The fourth-order valence-electron chi connectivity index (χ4n) is 15.6. The summed E-state index contributed by atoms with van der Waals surface area (Å²) in [5, 5.41) is 0. The summed E-state index contributed by atoms with van der Waals surface area (Å²) in [7, 11) is 0. The number of hydrogen-bond donors (Lipinski definition) is 0. The third kappa shape index (κ3) is 9.21. The van der Waals surface area contributed by atoms with E-state index in [1.165, 1.54) is 77.0 Å². The molecular weight excluding hydrogens is 589 g/mol. The smallest absolute Gasteiger partial charge is 0.0308 e. The summed E-state index contributed by atoms with van der Waals surface area (Å²) in [6.45, 7) is 29.2. The maximum Gasteiger partial charge on any atom is -0.0308 e. The normalized spacial score (nSPS) is 44.8. The van der Waals surface area contributed by atoms with Crippen molar-refractivity contribution in [1.29, 1.82) is 0 Å². The molecule has 7 unspecified atom stereocenters. The van der Waals surface area contributed by atoms with Gasteiger partial charge in [0.1, 0.15) is 0 Å². The Labute approximate surface area is 308 Å². The second-order valence-corrected chi connectivity index (χ2v) is 24.9. The summed E-state index contributed by atoms with van der Waals surface area (Å²) in [6, 6.07) is 0. The van der Waals surface area contributed by atoms with Crippen molar-refractivity contribution in [3.63, 3.8) is 0 Å². The predicted molar refractivity (Wildman–Crippen MR) is 214 cm³/mol. The van der Waals surface area contributed by atoms with E-state index in [-0.39, 0.29) is 0 Å². The van der Waals surface area contributed by atoms with Crippen LogP contribution in [0.25, 0.3) is 0 Å². The molecule has 0 heterocycles. The summed E-state index contributed by atoms with van der Waals surface area (Å²) in [4.78, 5) is 0. The van der Waals surface area contributed by atoms with Crippen molar-refractivity contribution < 1.29 is 0 Å². The van der Waals surface area contributed by atoms with Crippen molar-refractivity contribution in [2.75, 3.05) is 0 Å². The van der Waals surface area contributed by atoms with Gasteiger partial charge in [0.2, 0.25) is 0 Å². The third-order valence-electron chi connectivity index (χ3n) is 17.4. The first kappa shape index (κ1) is 38.7. The molecule has 284 valence electrons. The maximum absolute atomic E-state index is 2.47. The third-order valence-corrected chi connectivity index (χ3v) is 17.4. The van der Waals surface area contributed by atoms with Gasteiger partial charge in [-0.15, -0.1) is 0 Å². The van der Waals surface area contributed by atoms with Crippen molar-refractivity contribution in [3.8, 4) is 0 Å². The quantitative estimate of drug-likeness (QED) is 0.239. The van der Waals surface area contributed by atoms with Gasteiger partial charge in [0, 0.05) is 0 Å². The highest BCUT2D eigenvalue weighted by molar-refractivity contribution is 5.01. The molecule has 0 aromatic carbocycles. The summed E-state index contributed by atoms with van der Waals surface area (Å²) >= 11 is 0. The summed E-state index contributed by atoms with van der Waals surface area (Å²) in [5.74, 6) is 15.2. The van der Waals surface area contributed by atoms with E-state index in [0.29, 0.717) is 21.7 Å². The van der Waals surface area contributed by atoms with Crippen LogP contribution in [0, 0.1) is 105 Å². The Morgan fingerprint density at radius 1 is 0.245 bits per heavy atom. The second-order valence-electron chi connectivity index (χ2n) is 24.9. The fraction of sp³-hybridized carbons (Fsp3) is 1.00. The lowest BCUT2D eigenvalue weighted by Gasteiger charge is -2.58. The number of fused-ring (bicyclic) bond motifs is 7. The first-order chi connectivity index (χ1) is 22.8. The van der Waals surface area contributed by atoms with E-state index >= 15 is 0 Å². The molecule has 0 nitrogen and oxygen atoms in total. The van der Waals surface area contributed by atoms with Crippen LogP contribution in [0.2, 0.25) is 0 Å². The molecule has 11 rings (SSSR count). The molecule has 0 saturated heterocycles. The Bertz CT molecular complexity index is 994. The average Bonchev–Trinajstić information content (AvgIpc) is 3.73. The molecule has 0 radical (unpaired) electrons. The van der Waals surface area contributed by atoms with E-state index in [0.717, 1.165) is 82.9 Å².